The SMILES string of the molecule is c1ccc(Oc2cc3ccccc3cc2Oc2ccccn2)nc1. The summed E-state index contributed by atoms with van der Waals surface area (Å²) in [6.45, 7) is 0. The molecule has 2 heterocycles. The first-order valence-corrected chi connectivity index (χ1v) is 7.59. The second-order valence-electron chi connectivity index (χ2n) is 5.19. The van der Waals surface area contributed by atoms with Crippen molar-refractivity contribution in [2.24, 2.45) is 0 Å². The monoisotopic (exact) mass is 314 g/mol. The van der Waals surface area contributed by atoms with Crippen LogP contribution >= 0.6 is 0 Å². The normalized spacial score (nSPS) is 10.5. The maximum atomic E-state index is 5.93. The lowest BCUT2D eigenvalue weighted by atomic mass is 10.1. The summed E-state index contributed by atoms with van der Waals surface area (Å²) in [5.41, 5.74) is 0. The van der Waals surface area contributed by atoms with Crippen LogP contribution < -0.4 is 9.47 Å². The van der Waals surface area contributed by atoms with E-state index in [2.05, 4.69) is 9.97 Å². The van der Waals surface area contributed by atoms with E-state index in [1.54, 1.807) is 24.5 Å². The number of hydrogen-bond acceptors (Lipinski definition) is 4. The van der Waals surface area contributed by atoms with Crippen molar-refractivity contribution in [2.45, 2.75) is 0 Å². The van der Waals surface area contributed by atoms with Gasteiger partial charge >= 0.3 is 0 Å². The van der Waals surface area contributed by atoms with Gasteiger partial charge in [-0.25, -0.2) is 9.97 Å². The van der Waals surface area contributed by atoms with Crippen molar-refractivity contribution in [3.05, 3.63) is 85.2 Å². The summed E-state index contributed by atoms with van der Waals surface area (Å²) in [5.74, 6) is 2.22. The van der Waals surface area contributed by atoms with Gasteiger partial charge in [0, 0.05) is 24.5 Å². The van der Waals surface area contributed by atoms with E-state index in [-0.39, 0.29) is 0 Å². The van der Waals surface area contributed by atoms with Gasteiger partial charge in [0.15, 0.2) is 11.5 Å². The Morgan fingerprint density at radius 1 is 0.542 bits per heavy atom. The van der Waals surface area contributed by atoms with Crippen LogP contribution in [0, 0.1) is 0 Å². The zero-order chi connectivity index (χ0) is 16.2. The van der Waals surface area contributed by atoms with Gasteiger partial charge in [0.2, 0.25) is 11.8 Å². The van der Waals surface area contributed by atoms with Gasteiger partial charge in [-0.05, 0) is 35.0 Å². The minimum Gasteiger partial charge on any atom is -0.435 e. The molecule has 0 aliphatic carbocycles. The Labute approximate surface area is 139 Å². The van der Waals surface area contributed by atoms with Crippen LogP contribution in [0.5, 0.6) is 23.3 Å². The Kier molecular flexibility index (Phi) is 3.78. The first-order valence-electron chi connectivity index (χ1n) is 7.59. The van der Waals surface area contributed by atoms with Crippen molar-refractivity contribution in [1.82, 2.24) is 9.97 Å². The van der Waals surface area contributed by atoms with E-state index in [1.807, 2.05) is 60.7 Å². The molecule has 4 rings (SSSR count). The van der Waals surface area contributed by atoms with Gasteiger partial charge in [0.05, 0.1) is 0 Å². The minimum absolute atomic E-state index is 0.513. The number of rotatable bonds is 4. The lowest BCUT2D eigenvalue weighted by Crippen LogP contribution is -1.93. The Morgan fingerprint density at radius 3 is 1.42 bits per heavy atom. The van der Waals surface area contributed by atoms with E-state index in [0.717, 1.165) is 10.8 Å². The summed E-state index contributed by atoms with van der Waals surface area (Å²) < 4.78 is 11.9. The smallest absolute Gasteiger partial charge is 0.219 e. The molecule has 4 nitrogen and oxygen atoms in total. The fourth-order valence-electron chi connectivity index (χ4n) is 2.40. The molecule has 0 aliphatic rings. The number of aromatic nitrogens is 2. The van der Waals surface area contributed by atoms with Crippen LogP contribution in [-0.4, -0.2) is 9.97 Å². The quantitative estimate of drug-likeness (QED) is 0.518. The molecule has 0 fully saturated rings. The fraction of sp³-hybridized carbons (Fsp3) is 0. The van der Waals surface area contributed by atoms with Crippen LogP contribution in [0.3, 0.4) is 0 Å². The van der Waals surface area contributed by atoms with Gasteiger partial charge in [0.25, 0.3) is 0 Å². The zero-order valence-electron chi connectivity index (χ0n) is 12.8. The second-order valence-corrected chi connectivity index (χ2v) is 5.19. The van der Waals surface area contributed by atoms with Crippen LogP contribution in [0.4, 0.5) is 0 Å². The number of ether oxygens (including phenoxy) is 2. The fourth-order valence-corrected chi connectivity index (χ4v) is 2.40. The summed E-state index contributed by atoms with van der Waals surface area (Å²) in [7, 11) is 0. The van der Waals surface area contributed by atoms with Gasteiger partial charge in [-0.3, -0.25) is 0 Å². The van der Waals surface area contributed by atoms with E-state index in [0.29, 0.717) is 23.3 Å². The molecule has 0 unspecified atom stereocenters. The lowest BCUT2D eigenvalue weighted by Gasteiger charge is -2.12. The van der Waals surface area contributed by atoms with E-state index < -0.39 is 0 Å². The Bertz CT molecular complexity index is 877. The van der Waals surface area contributed by atoms with Gasteiger partial charge in [-0.1, -0.05) is 36.4 Å². The summed E-state index contributed by atoms with van der Waals surface area (Å²) in [6, 6.07) is 23.0. The summed E-state index contributed by atoms with van der Waals surface area (Å²) in [5, 5.41) is 2.13. The van der Waals surface area contributed by atoms with Gasteiger partial charge in [0.1, 0.15) is 0 Å². The molecule has 2 aromatic heterocycles. The van der Waals surface area contributed by atoms with Gasteiger partial charge < -0.3 is 9.47 Å². The molecule has 0 saturated heterocycles. The standard InChI is InChI=1S/C20H14N2O2/c1-2-8-16-14-18(24-20-10-4-6-12-22-20)17(13-15(16)7-1)23-19-9-3-5-11-21-19/h1-14H. The van der Waals surface area contributed by atoms with Crippen molar-refractivity contribution >= 4 is 10.8 Å². The molecular formula is C20H14N2O2. The number of fused-ring (bicyclic) bond motifs is 1. The predicted molar refractivity (Wildman–Crippen MR) is 92.6 cm³/mol. The van der Waals surface area contributed by atoms with E-state index in [1.165, 1.54) is 0 Å². The van der Waals surface area contributed by atoms with Gasteiger partial charge in [-0.2, -0.15) is 0 Å². The van der Waals surface area contributed by atoms with Crippen molar-refractivity contribution in [2.75, 3.05) is 0 Å². The molecule has 4 heteroatoms. The summed E-state index contributed by atoms with van der Waals surface area (Å²) in [4.78, 5) is 8.42. The summed E-state index contributed by atoms with van der Waals surface area (Å²) >= 11 is 0. The van der Waals surface area contributed by atoms with Gasteiger partial charge in [-0.15, -0.1) is 0 Å². The largest absolute Gasteiger partial charge is 0.435 e. The van der Waals surface area contributed by atoms with Crippen molar-refractivity contribution in [1.29, 1.82) is 0 Å². The average molecular weight is 314 g/mol. The number of nitrogens with zero attached hydrogens (tertiary/aromatic N) is 2. The minimum atomic E-state index is 0.513. The van der Waals surface area contributed by atoms with Crippen LogP contribution in [0.2, 0.25) is 0 Å². The number of hydrogen-bond donors (Lipinski definition) is 0. The van der Waals surface area contributed by atoms with Crippen LogP contribution in [-0.2, 0) is 0 Å². The molecule has 0 amide bonds. The van der Waals surface area contributed by atoms with E-state index in [4.69, 9.17) is 9.47 Å². The highest BCUT2D eigenvalue weighted by molar-refractivity contribution is 5.86. The zero-order valence-corrected chi connectivity index (χ0v) is 12.8. The number of benzene rings is 2. The third kappa shape index (κ3) is 3.03. The van der Waals surface area contributed by atoms with E-state index in [9.17, 15) is 0 Å². The molecule has 4 aromatic rings. The maximum Gasteiger partial charge on any atom is 0.219 e. The highest BCUT2D eigenvalue weighted by Gasteiger charge is 2.11. The van der Waals surface area contributed by atoms with Crippen LogP contribution in [0.15, 0.2) is 85.2 Å². The van der Waals surface area contributed by atoms with Crippen LogP contribution in [0.1, 0.15) is 0 Å². The molecule has 2 aromatic carbocycles. The number of pyridine rings is 2. The van der Waals surface area contributed by atoms with Crippen molar-refractivity contribution in [3.63, 3.8) is 0 Å². The molecule has 0 saturated carbocycles. The molecule has 0 spiro atoms. The highest BCUT2D eigenvalue weighted by Crippen LogP contribution is 2.37. The Morgan fingerprint density at radius 2 is 1.00 bits per heavy atom. The molecule has 116 valence electrons. The third-order valence-corrected chi connectivity index (χ3v) is 3.52. The Hall–Kier alpha value is -3.40. The Balaban J connectivity index is 1.78. The molecule has 0 aliphatic heterocycles. The third-order valence-electron chi connectivity index (χ3n) is 3.52. The maximum absolute atomic E-state index is 5.93. The van der Waals surface area contributed by atoms with Crippen LogP contribution in [0.25, 0.3) is 10.8 Å². The predicted octanol–water partition coefficient (Wildman–Crippen LogP) is 5.21. The first-order chi connectivity index (χ1) is 11.9. The molecule has 0 bridgehead atoms. The van der Waals surface area contributed by atoms with E-state index >= 15 is 0 Å². The highest BCUT2D eigenvalue weighted by atomic mass is 16.5. The van der Waals surface area contributed by atoms with Crippen molar-refractivity contribution in [3.8, 4) is 23.3 Å². The summed E-state index contributed by atoms with van der Waals surface area (Å²) in [6.07, 6.45) is 3.38. The topological polar surface area (TPSA) is 44.2 Å². The molecular weight excluding hydrogens is 300 g/mol. The molecule has 0 atom stereocenters. The second kappa shape index (κ2) is 6.38. The molecule has 0 radical (unpaired) electrons. The average Bonchev–Trinajstić information content (AvgIpc) is 2.64. The first kappa shape index (κ1) is 14.2. The molecule has 24 heavy (non-hydrogen) atoms. The lowest BCUT2D eigenvalue weighted by molar-refractivity contribution is 0.403. The van der Waals surface area contributed by atoms with Crippen molar-refractivity contribution < 1.29 is 9.47 Å². The molecule has 0 N–H and O–H groups in total.